The van der Waals surface area contributed by atoms with Gasteiger partial charge >= 0.3 is 0 Å². The van der Waals surface area contributed by atoms with E-state index in [1.54, 1.807) is 0 Å². The van der Waals surface area contributed by atoms with E-state index in [1.807, 2.05) is 0 Å². The summed E-state index contributed by atoms with van der Waals surface area (Å²) in [6.07, 6.45) is 2.80. The lowest BCUT2D eigenvalue weighted by Crippen LogP contribution is -2.36. The van der Waals surface area contributed by atoms with Gasteiger partial charge in [-0.3, -0.25) is 4.90 Å². The summed E-state index contributed by atoms with van der Waals surface area (Å²) in [5, 5.41) is 0.942. The van der Waals surface area contributed by atoms with Crippen molar-refractivity contribution in [2.75, 3.05) is 25.0 Å². The molecule has 0 saturated carbocycles. The molecule has 2 nitrogen and oxygen atoms in total. The number of ether oxygens (including phenoxy) is 1. The Hall–Kier alpha value is -0.380. The maximum absolute atomic E-state index is 5.76. The molecule has 0 amide bonds. The first-order chi connectivity index (χ1) is 8.38. The molecular formula is C14H20BrNO. The molecule has 0 atom stereocenters. The lowest BCUT2D eigenvalue weighted by atomic mass is 10.1. The second-order valence-electron chi connectivity index (χ2n) is 4.52. The van der Waals surface area contributed by atoms with E-state index in [0.717, 1.165) is 31.6 Å². The third kappa shape index (κ3) is 4.41. The van der Waals surface area contributed by atoms with Gasteiger partial charge in [0, 0.05) is 25.0 Å². The van der Waals surface area contributed by atoms with Gasteiger partial charge in [-0.15, -0.1) is 0 Å². The van der Waals surface area contributed by atoms with E-state index in [4.69, 9.17) is 4.74 Å². The summed E-state index contributed by atoms with van der Waals surface area (Å²) >= 11 is 3.40. The van der Waals surface area contributed by atoms with Gasteiger partial charge in [0.05, 0.1) is 12.7 Å². The highest BCUT2D eigenvalue weighted by Gasteiger charge is 2.19. The predicted octanol–water partition coefficient (Wildman–Crippen LogP) is 3.06. The Morgan fingerprint density at radius 2 is 1.88 bits per heavy atom. The largest absolute Gasteiger partial charge is 0.377 e. The third-order valence-electron chi connectivity index (χ3n) is 3.21. The second-order valence-corrected chi connectivity index (χ2v) is 5.31. The molecule has 1 heterocycles. The van der Waals surface area contributed by atoms with Gasteiger partial charge in [0.2, 0.25) is 0 Å². The number of rotatable bonds is 5. The van der Waals surface area contributed by atoms with Gasteiger partial charge < -0.3 is 4.74 Å². The summed E-state index contributed by atoms with van der Waals surface area (Å²) in [6.45, 7) is 4.22. The molecule has 0 unspecified atom stereocenters. The van der Waals surface area contributed by atoms with Crippen LogP contribution >= 0.6 is 15.9 Å². The van der Waals surface area contributed by atoms with E-state index in [2.05, 4.69) is 51.2 Å². The number of hydrogen-bond donors (Lipinski definition) is 0. The van der Waals surface area contributed by atoms with Crippen molar-refractivity contribution in [3.8, 4) is 0 Å². The van der Waals surface area contributed by atoms with Gasteiger partial charge in [-0.1, -0.05) is 46.3 Å². The lowest BCUT2D eigenvalue weighted by Gasteiger charge is -2.31. The molecule has 2 rings (SSSR count). The van der Waals surface area contributed by atoms with E-state index in [9.17, 15) is 0 Å². The summed E-state index contributed by atoms with van der Waals surface area (Å²) in [4.78, 5) is 2.52. The van der Waals surface area contributed by atoms with Crippen LogP contribution < -0.4 is 0 Å². The molecule has 0 spiro atoms. The molecule has 3 heteroatoms. The van der Waals surface area contributed by atoms with Gasteiger partial charge in [0.15, 0.2) is 0 Å². The average Bonchev–Trinajstić information content (AvgIpc) is 2.39. The molecule has 1 aliphatic heterocycles. The third-order valence-corrected chi connectivity index (χ3v) is 3.54. The van der Waals surface area contributed by atoms with Crippen LogP contribution in [0.5, 0.6) is 0 Å². The van der Waals surface area contributed by atoms with Gasteiger partial charge in [0.1, 0.15) is 0 Å². The Bertz CT molecular complexity index is 309. The maximum Gasteiger partial charge on any atom is 0.0599 e. The highest BCUT2D eigenvalue weighted by Crippen LogP contribution is 2.16. The zero-order chi connectivity index (χ0) is 11.9. The molecule has 0 N–H and O–H groups in total. The van der Waals surface area contributed by atoms with Gasteiger partial charge in [-0.2, -0.15) is 0 Å². The summed E-state index contributed by atoms with van der Waals surface area (Å²) < 4.78 is 5.76. The summed E-state index contributed by atoms with van der Waals surface area (Å²) in [6, 6.07) is 10.7. The standard InChI is InChI=1S/C14H20BrNO/c15-8-11-17-14-6-9-16(10-7-14)12-13-4-2-1-3-5-13/h1-5,14H,6-12H2. The van der Waals surface area contributed by atoms with Crippen LogP contribution in [0.25, 0.3) is 0 Å². The number of piperidine rings is 1. The lowest BCUT2D eigenvalue weighted by molar-refractivity contribution is 0.0141. The molecule has 94 valence electrons. The molecule has 1 saturated heterocycles. The van der Waals surface area contributed by atoms with Gasteiger partial charge in [0.25, 0.3) is 0 Å². The normalized spacial score (nSPS) is 18.4. The first-order valence-corrected chi connectivity index (χ1v) is 7.44. The minimum absolute atomic E-state index is 0.472. The Kier molecular flexibility index (Phi) is 5.49. The molecule has 0 aliphatic carbocycles. The highest BCUT2D eigenvalue weighted by atomic mass is 79.9. The molecule has 1 aromatic carbocycles. The Balaban J connectivity index is 1.72. The van der Waals surface area contributed by atoms with Crippen molar-refractivity contribution in [1.29, 1.82) is 0 Å². The quantitative estimate of drug-likeness (QED) is 0.775. The smallest absolute Gasteiger partial charge is 0.0599 e. The van der Waals surface area contributed by atoms with Crippen molar-refractivity contribution < 1.29 is 4.74 Å². The topological polar surface area (TPSA) is 12.5 Å². The van der Waals surface area contributed by atoms with Crippen LogP contribution in [0.2, 0.25) is 0 Å². The van der Waals surface area contributed by atoms with Crippen molar-refractivity contribution in [2.45, 2.75) is 25.5 Å². The summed E-state index contributed by atoms with van der Waals surface area (Å²) in [7, 11) is 0. The van der Waals surface area contributed by atoms with Crippen LogP contribution in [-0.2, 0) is 11.3 Å². The van der Waals surface area contributed by atoms with Crippen LogP contribution in [-0.4, -0.2) is 36.0 Å². The Morgan fingerprint density at radius 1 is 1.18 bits per heavy atom. The SMILES string of the molecule is BrCCOC1CCN(Cc2ccccc2)CC1. The highest BCUT2D eigenvalue weighted by molar-refractivity contribution is 9.09. The Labute approximate surface area is 112 Å². The van der Waals surface area contributed by atoms with Crippen LogP contribution in [0.3, 0.4) is 0 Å². The second kappa shape index (κ2) is 7.14. The maximum atomic E-state index is 5.76. The molecule has 1 fully saturated rings. The fourth-order valence-corrected chi connectivity index (χ4v) is 2.47. The van der Waals surface area contributed by atoms with E-state index in [-0.39, 0.29) is 0 Å². The summed E-state index contributed by atoms with van der Waals surface area (Å²) in [5.74, 6) is 0. The minimum atomic E-state index is 0.472. The van der Waals surface area contributed by atoms with Crippen molar-refractivity contribution in [1.82, 2.24) is 4.90 Å². The minimum Gasteiger partial charge on any atom is -0.377 e. The number of halogens is 1. The fraction of sp³-hybridized carbons (Fsp3) is 0.571. The predicted molar refractivity (Wildman–Crippen MR) is 74.5 cm³/mol. The van der Waals surface area contributed by atoms with E-state index in [1.165, 1.54) is 18.4 Å². The molecule has 1 aliphatic rings. The van der Waals surface area contributed by atoms with Crippen LogP contribution in [0, 0.1) is 0 Å². The zero-order valence-corrected chi connectivity index (χ0v) is 11.7. The zero-order valence-electron chi connectivity index (χ0n) is 10.1. The van der Waals surface area contributed by atoms with Crippen molar-refractivity contribution in [2.24, 2.45) is 0 Å². The Morgan fingerprint density at radius 3 is 2.53 bits per heavy atom. The number of likely N-dealkylation sites (tertiary alicyclic amines) is 1. The van der Waals surface area contributed by atoms with Crippen molar-refractivity contribution in [3.05, 3.63) is 35.9 Å². The van der Waals surface area contributed by atoms with Gasteiger partial charge in [-0.05, 0) is 18.4 Å². The fourth-order valence-electron chi connectivity index (χ4n) is 2.29. The number of alkyl halides is 1. The molecule has 0 aromatic heterocycles. The number of hydrogen-bond acceptors (Lipinski definition) is 2. The molecule has 0 bridgehead atoms. The molecular weight excluding hydrogens is 278 g/mol. The van der Waals surface area contributed by atoms with Crippen molar-refractivity contribution >= 4 is 15.9 Å². The van der Waals surface area contributed by atoms with E-state index >= 15 is 0 Å². The van der Waals surface area contributed by atoms with Crippen LogP contribution in [0.15, 0.2) is 30.3 Å². The molecule has 17 heavy (non-hydrogen) atoms. The van der Waals surface area contributed by atoms with Crippen LogP contribution in [0.4, 0.5) is 0 Å². The first-order valence-electron chi connectivity index (χ1n) is 6.32. The monoisotopic (exact) mass is 297 g/mol. The molecule has 0 radical (unpaired) electrons. The average molecular weight is 298 g/mol. The van der Waals surface area contributed by atoms with Crippen LogP contribution in [0.1, 0.15) is 18.4 Å². The van der Waals surface area contributed by atoms with E-state index < -0.39 is 0 Å². The summed E-state index contributed by atoms with van der Waals surface area (Å²) in [5.41, 5.74) is 1.41. The number of benzene rings is 1. The van der Waals surface area contributed by atoms with Gasteiger partial charge in [-0.25, -0.2) is 0 Å². The van der Waals surface area contributed by atoms with E-state index in [0.29, 0.717) is 6.10 Å². The first kappa shape index (κ1) is 13.1. The number of nitrogens with zero attached hydrogens (tertiary/aromatic N) is 1. The molecule has 1 aromatic rings. The van der Waals surface area contributed by atoms with Crippen molar-refractivity contribution in [3.63, 3.8) is 0 Å².